The van der Waals surface area contributed by atoms with Crippen LogP contribution in [0.2, 0.25) is 0 Å². The smallest absolute Gasteiger partial charge is 0.342 e. The molecule has 2 atom stereocenters. The average Bonchev–Trinajstić information content (AvgIpc) is 3.03. The molecule has 1 aliphatic heterocycles. The minimum Gasteiger partial charge on any atom is -0.507 e. The van der Waals surface area contributed by atoms with Crippen molar-refractivity contribution in [1.29, 1.82) is 0 Å². The molecule has 1 aromatic carbocycles. The molecule has 9 heteroatoms. The molecular weight excluding hydrogens is 397 g/mol. The number of allylic oxidation sites excluding steroid dienone is 2. The Balaban J connectivity index is 2.24. The van der Waals surface area contributed by atoms with Gasteiger partial charge in [-0.25, -0.2) is 4.79 Å². The van der Waals surface area contributed by atoms with Gasteiger partial charge in [-0.15, -0.1) is 0 Å². The lowest BCUT2D eigenvalue weighted by molar-refractivity contribution is -0.142. The van der Waals surface area contributed by atoms with Gasteiger partial charge in [-0.1, -0.05) is 11.6 Å². The molecule has 0 fully saturated rings. The molecule has 29 heavy (non-hydrogen) atoms. The topological polar surface area (TPSA) is 111 Å². The number of rotatable bonds is 8. The van der Waals surface area contributed by atoms with Crippen LogP contribution in [0.4, 0.5) is 0 Å². The van der Waals surface area contributed by atoms with Crippen molar-refractivity contribution in [2.75, 3.05) is 27.0 Å². The van der Waals surface area contributed by atoms with Crippen LogP contribution in [-0.4, -0.2) is 50.1 Å². The number of esters is 2. The van der Waals surface area contributed by atoms with Gasteiger partial charge in [-0.3, -0.25) is 9.88 Å². The first-order valence-corrected chi connectivity index (χ1v) is 11.5. The quantitative estimate of drug-likeness (QED) is 0.372. The summed E-state index contributed by atoms with van der Waals surface area (Å²) in [6.45, 7) is 6.91. The van der Waals surface area contributed by atoms with E-state index in [9.17, 15) is 19.3 Å². The summed E-state index contributed by atoms with van der Waals surface area (Å²) in [6.07, 6.45) is 2.35. The lowest BCUT2D eigenvalue weighted by Gasteiger charge is -2.19. The van der Waals surface area contributed by atoms with Gasteiger partial charge in [0.25, 0.3) is 0 Å². The van der Waals surface area contributed by atoms with E-state index >= 15 is 0 Å². The van der Waals surface area contributed by atoms with E-state index in [1.54, 1.807) is 13.6 Å². The van der Waals surface area contributed by atoms with Crippen molar-refractivity contribution in [1.82, 2.24) is 5.09 Å². The number of phenols is 1. The zero-order chi connectivity index (χ0) is 21.9. The van der Waals surface area contributed by atoms with Crippen molar-refractivity contribution >= 4 is 19.2 Å². The highest BCUT2D eigenvalue weighted by molar-refractivity contribution is 7.61. The SMILES string of the molecule is COC(=O)[C@H](C)NP(C)(=O)C/C(C)=C/Cc1c(O)c2c(c(C)c1OC)COC2=O. The first-order valence-electron chi connectivity index (χ1n) is 9.18. The number of nitrogens with one attached hydrogen (secondary N) is 1. The number of benzene rings is 1. The Kier molecular flexibility index (Phi) is 7.14. The molecule has 1 aliphatic rings. The number of fused-ring (bicyclic) bond motifs is 1. The number of methoxy groups -OCH3 is 2. The van der Waals surface area contributed by atoms with Gasteiger partial charge in [-0.05, 0) is 32.8 Å². The molecule has 0 bridgehead atoms. The van der Waals surface area contributed by atoms with Gasteiger partial charge in [-0.2, -0.15) is 0 Å². The number of phenolic OH excluding ortho intramolecular Hbond substituents is 1. The third-order valence-electron chi connectivity index (χ3n) is 4.87. The van der Waals surface area contributed by atoms with Crippen LogP contribution in [0.25, 0.3) is 0 Å². The van der Waals surface area contributed by atoms with Crippen LogP contribution in [0, 0.1) is 6.92 Å². The summed E-state index contributed by atoms with van der Waals surface area (Å²) < 4.78 is 28.0. The highest BCUT2D eigenvalue weighted by Gasteiger charge is 2.32. The molecule has 0 saturated heterocycles. The number of hydrogen-bond acceptors (Lipinski definition) is 7. The standard InChI is InChI=1S/C20H28NO7P/c1-11(10-29(6,25)21-13(3)19(23)27-5)7-8-14-17(22)16-15(9-28-20(16)24)12(2)18(14)26-4/h7,13,22H,8-10H2,1-6H3,(H,21,25)/b11-7+/t13-,29?/m0/s1. The molecule has 0 aliphatic carbocycles. The van der Waals surface area contributed by atoms with Gasteiger partial charge in [0.15, 0.2) is 0 Å². The van der Waals surface area contributed by atoms with E-state index in [4.69, 9.17) is 9.47 Å². The van der Waals surface area contributed by atoms with Crippen molar-refractivity contribution < 1.29 is 33.5 Å². The molecule has 8 nitrogen and oxygen atoms in total. The van der Waals surface area contributed by atoms with E-state index in [0.717, 1.165) is 11.1 Å². The molecule has 1 heterocycles. The molecule has 160 valence electrons. The second-order valence-corrected chi connectivity index (χ2v) is 10.1. The fourth-order valence-electron chi connectivity index (χ4n) is 3.53. The number of cyclic esters (lactones) is 1. The van der Waals surface area contributed by atoms with Crippen molar-refractivity contribution in [3.8, 4) is 11.5 Å². The molecule has 0 aromatic heterocycles. The van der Waals surface area contributed by atoms with Gasteiger partial charge in [0, 0.05) is 24.0 Å². The van der Waals surface area contributed by atoms with Crippen LogP contribution in [-0.2, 0) is 31.9 Å². The van der Waals surface area contributed by atoms with Gasteiger partial charge >= 0.3 is 11.9 Å². The third kappa shape index (κ3) is 5.00. The Hall–Kier alpha value is -2.31. The fourth-order valence-corrected chi connectivity index (χ4v) is 5.63. The highest BCUT2D eigenvalue weighted by atomic mass is 31.2. The zero-order valence-corrected chi connectivity index (χ0v) is 18.5. The Morgan fingerprint density at radius 1 is 1.41 bits per heavy atom. The number of carbonyl (C=O) groups excluding carboxylic acids is 2. The molecule has 0 saturated carbocycles. The van der Waals surface area contributed by atoms with Crippen molar-refractivity contribution in [3.63, 3.8) is 0 Å². The van der Waals surface area contributed by atoms with Crippen molar-refractivity contribution in [2.24, 2.45) is 0 Å². The normalized spacial score (nSPS) is 16.6. The molecule has 0 amide bonds. The number of ether oxygens (including phenoxy) is 3. The number of hydrogen-bond donors (Lipinski definition) is 2. The van der Waals surface area contributed by atoms with Gasteiger partial charge in [0.1, 0.15) is 37.0 Å². The zero-order valence-electron chi connectivity index (χ0n) is 17.6. The molecule has 1 aromatic rings. The van der Waals surface area contributed by atoms with Crippen molar-refractivity contribution in [2.45, 2.75) is 39.8 Å². The molecular formula is C20H28NO7P. The number of carbonyl (C=O) groups is 2. The molecule has 2 rings (SSSR count). The summed E-state index contributed by atoms with van der Waals surface area (Å²) >= 11 is 0. The van der Waals surface area contributed by atoms with E-state index in [0.29, 0.717) is 16.9 Å². The van der Waals surface area contributed by atoms with Crippen LogP contribution in [0.15, 0.2) is 11.6 Å². The first-order chi connectivity index (χ1) is 13.5. The molecule has 0 spiro atoms. The lowest BCUT2D eigenvalue weighted by atomic mass is 9.95. The Morgan fingerprint density at radius 2 is 2.07 bits per heavy atom. The van der Waals surface area contributed by atoms with E-state index < -0.39 is 25.3 Å². The second-order valence-electron chi connectivity index (χ2n) is 7.30. The molecule has 0 radical (unpaired) electrons. The summed E-state index contributed by atoms with van der Waals surface area (Å²) in [5, 5.41) is 13.5. The summed E-state index contributed by atoms with van der Waals surface area (Å²) in [5.41, 5.74) is 2.85. The predicted octanol–water partition coefficient (Wildman–Crippen LogP) is 2.93. The number of aromatic hydroxyl groups is 1. The van der Waals surface area contributed by atoms with Crippen LogP contribution >= 0.6 is 7.29 Å². The molecule has 2 N–H and O–H groups in total. The Labute approximate surface area is 170 Å². The van der Waals surface area contributed by atoms with E-state index in [1.807, 2.05) is 19.9 Å². The lowest BCUT2D eigenvalue weighted by Crippen LogP contribution is -2.33. The highest BCUT2D eigenvalue weighted by Crippen LogP contribution is 2.43. The van der Waals surface area contributed by atoms with E-state index in [2.05, 4.69) is 9.82 Å². The van der Waals surface area contributed by atoms with Crippen LogP contribution in [0.1, 0.15) is 40.9 Å². The van der Waals surface area contributed by atoms with E-state index in [-0.39, 0.29) is 30.5 Å². The summed E-state index contributed by atoms with van der Waals surface area (Å²) in [7, 11) is -0.0609. The average molecular weight is 425 g/mol. The maximum absolute atomic E-state index is 12.8. The summed E-state index contributed by atoms with van der Waals surface area (Å²) in [6, 6.07) is -0.682. The minimum atomic E-state index is -2.84. The monoisotopic (exact) mass is 425 g/mol. The van der Waals surface area contributed by atoms with Crippen LogP contribution in [0.5, 0.6) is 11.5 Å². The van der Waals surface area contributed by atoms with E-state index in [1.165, 1.54) is 14.2 Å². The maximum atomic E-state index is 12.8. The van der Waals surface area contributed by atoms with Crippen LogP contribution < -0.4 is 9.82 Å². The fraction of sp³-hybridized carbons (Fsp3) is 0.500. The van der Waals surface area contributed by atoms with Gasteiger partial charge < -0.3 is 23.9 Å². The Morgan fingerprint density at radius 3 is 2.66 bits per heavy atom. The third-order valence-corrected chi connectivity index (χ3v) is 6.91. The Bertz CT molecular complexity index is 907. The van der Waals surface area contributed by atoms with Crippen LogP contribution in [0.3, 0.4) is 0 Å². The largest absolute Gasteiger partial charge is 0.507 e. The second kappa shape index (κ2) is 9.01. The molecule has 1 unspecified atom stereocenters. The predicted molar refractivity (Wildman–Crippen MR) is 109 cm³/mol. The van der Waals surface area contributed by atoms with Gasteiger partial charge in [0.2, 0.25) is 0 Å². The summed E-state index contributed by atoms with van der Waals surface area (Å²) in [4.78, 5) is 23.5. The minimum absolute atomic E-state index is 0.113. The summed E-state index contributed by atoms with van der Waals surface area (Å²) in [5.74, 6) is -0.681. The first kappa shape index (κ1) is 23.0. The van der Waals surface area contributed by atoms with Crippen molar-refractivity contribution in [3.05, 3.63) is 33.9 Å². The van der Waals surface area contributed by atoms with Gasteiger partial charge in [0.05, 0.1) is 14.2 Å². The maximum Gasteiger partial charge on any atom is 0.342 e.